The van der Waals surface area contributed by atoms with E-state index in [-0.39, 0.29) is 5.82 Å². The largest absolute Gasteiger partial charge is 0.385 e. The SMILES string of the molecule is CCN1CCCC(O)(c2cc(F)ccc2Cl)CC1. The predicted octanol–water partition coefficient (Wildman–Crippen LogP) is 3.17. The predicted molar refractivity (Wildman–Crippen MR) is 71.3 cm³/mol. The average molecular weight is 272 g/mol. The minimum Gasteiger partial charge on any atom is -0.385 e. The van der Waals surface area contributed by atoms with Crippen molar-refractivity contribution >= 4 is 11.6 Å². The van der Waals surface area contributed by atoms with Crippen LogP contribution >= 0.6 is 11.6 Å². The van der Waals surface area contributed by atoms with Gasteiger partial charge in [0.15, 0.2) is 0 Å². The fraction of sp³-hybridized carbons (Fsp3) is 0.571. The van der Waals surface area contributed by atoms with Gasteiger partial charge in [0.2, 0.25) is 0 Å². The van der Waals surface area contributed by atoms with E-state index in [9.17, 15) is 9.50 Å². The second-order valence-electron chi connectivity index (χ2n) is 4.94. The Morgan fingerprint density at radius 1 is 1.39 bits per heavy atom. The number of benzene rings is 1. The highest BCUT2D eigenvalue weighted by Gasteiger charge is 2.33. The lowest BCUT2D eigenvalue weighted by Crippen LogP contribution is -2.29. The van der Waals surface area contributed by atoms with Gasteiger partial charge in [-0.15, -0.1) is 0 Å². The standard InChI is InChI=1S/C14H19ClFNO/c1-2-17-8-3-6-14(18,7-9-17)12-10-11(16)4-5-13(12)15/h4-5,10,18H,2-3,6-9H2,1H3. The summed E-state index contributed by atoms with van der Waals surface area (Å²) in [5.74, 6) is -0.348. The quantitative estimate of drug-likeness (QED) is 0.893. The van der Waals surface area contributed by atoms with Crippen LogP contribution in [0.4, 0.5) is 4.39 Å². The minimum atomic E-state index is -0.997. The van der Waals surface area contributed by atoms with Crippen molar-refractivity contribution < 1.29 is 9.50 Å². The highest BCUT2D eigenvalue weighted by atomic mass is 35.5. The van der Waals surface area contributed by atoms with Crippen LogP contribution in [0.2, 0.25) is 5.02 Å². The number of likely N-dealkylation sites (tertiary alicyclic amines) is 1. The molecule has 1 fully saturated rings. The normalized spacial score (nSPS) is 26.0. The molecule has 1 saturated heterocycles. The van der Waals surface area contributed by atoms with Crippen molar-refractivity contribution in [1.29, 1.82) is 0 Å². The van der Waals surface area contributed by atoms with Crippen LogP contribution < -0.4 is 0 Å². The van der Waals surface area contributed by atoms with Gasteiger partial charge < -0.3 is 10.0 Å². The maximum Gasteiger partial charge on any atom is 0.123 e. The summed E-state index contributed by atoms with van der Waals surface area (Å²) in [5.41, 5.74) is -0.467. The van der Waals surface area contributed by atoms with Gasteiger partial charge in [0, 0.05) is 17.1 Å². The Bertz CT molecular complexity index is 426. The number of halogens is 2. The molecule has 1 unspecified atom stereocenters. The van der Waals surface area contributed by atoms with Gasteiger partial charge in [-0.1, -0.05) is 18.5 Å². The van der Waals surface area contributed by atoms with Gasteiger partial charge in [0.25, 0.3) is 0 Å². The Morgan fingerprint density at radius 3 is 2.89 bits per heavy atom. The molecule has 0 amide bonds. The molecule has 0 radical (unpaired) electrons. The van der Waals surface area contributed by atoms with Gasteiger partial charge in [-0.2, -0.15) is 0 Å². The molecule has 1 aromatic rings. The molecule has 1 N–H and O–H groups in total. The molecule has 0 aromatic heterocycles. The molecule has 18 heavy (non-hydrogen) atoms. The molecule has 4 heteroatoms. The average Bonchev–Trinajstić information content (AvgIpc) is 2.55. The lowest BCUT2D eigenvalue weighted by atomic mass is 9.87. The van der Waals surface area contributed by atoms with Gasteiger partial charge in [0.1, 0.15) is 5.82 Å². The van der Waals surface area contributed by atoms with Crippen molar-refractivity contribution in [2.45, 2.75) is 31.8 Å². The molecule has 1 aliphatic heterocycles. The third kappa shape index (κ3) is 2.85. The first-order chi connectivity index (χ1) is 8.55. The molecular weight excluding hydrogens is 253 g/mol. The summed E-state index contributed by atoms with van der Waals surface area (Å²) in [6.45, 7) is 4.89. The maximum atomic E-state index is 13.3. The molecule has 2 rings (SSSR count). The zero-order valence-corrected chi connectivity index (χ0v) is 11.4. The molecule has 0 bridgehead atoms. The van der Waals surface area contributed by atoms with Gasteiger partial charge in [-0.3, -0.25) is 0 Å². The van der Waals surface area contributed by atoms with E-state index < -0.39 is 5.60 Å². The summed E-state index contributed by atoms with van der Waals surface area (Å²) < 4.78 is 13.3. The number of aliphatic hydroxyl groups is 1. The van der Waals surface area contributed by atoms with E-state index in [0.717, 1.165) is 26.1 Å². The first-order valence-corrected chi connectivity index (χ1v) is 6.83. The summed E-state index contributed by atoms with van der Waals surface area (Å²) in [5, 5.41) is 11.2. The van der Waals surface area contributed by atoms with E-state index in [1.807, 2.05) is 0 Å². The fourth-order valence-corrected chi connectivity index (χ4v) is 2.91. The Morgan fingerprint density at radius 2 is 2.17 bits per heavy atom. The molecule has 1 atom stereocenters. The number of rotatable bonds is 2. The molecule has 1 aliphatic rings. The smallest absolute Gasteiger partial charge is 0.123 e. The first-order valence-electron chi connectivity index (χ1n) is 6.45. The second kappa shape index (κ2) is 5.55. The fourth-order valence-electron chi connectivity index (χ4n) is 2.61. The van der Waals surface area contributed by atoms with Crippen molar-refractivity contribution in [3.63, 3.8) is 0 Å². The molecule has 100 valence electrons. The van der Waals surface area contributed by atoms with Crippen molar-refractivity contribution in [3.8, 4) is 0 Å². The van der Waals surface area contributed by atoms with Crippen LogP contribution in [0.1, 0.15) is 31.7 Å². The summed E-state index contributed by atoms with van der Waals surface area (Å²) >= 11 is 6.10. The number of hydrogen-bond donors (Lipinski definition) is 1. The third-order valence-electron chi connectivity index (χ3n) is 3.78. The molecule has 0 aliphatic carbocycles. The van der Waals surface area contributed by atoms with Crippen LogP contribution in [-0.4, -0.2) is 29.6 Å². The van der Waals surface area contributed by atoms with Crippen LogP contribution in [0.3, 0.4) is 0 Å². The molecule has 0 spiro atoms. The van der Waals surface area contributed by atoms with Crippen LogP contribution in [0.5, 0.6) is 0 Å². The Kier molecular flexibility index (Phi) is 4.25. The van der Waals surface area contributed by atoms with Gasteiger partial charge >= 0.3 is 0 Å². The summed E-state index contributed by atoms with van der Waals surface area (Å²) in [4.78, 5) is 2.30. The molecule has 1 aromatic carbocycles. The summed E-state index contributed by atoms with van der Waals surface area (Å²) in [7, 11) is 0. The summed E-state index contributed by atoms with van der Waals surface area (Å²) in [6, 6.07) is 4.21. The summed E-state index contributed by atoms with van der Waals surface area (Å²) in [6.07, 6.45) is 2.13. The van der Waals surface area contributed by atoms with E-state index in [2.05, 4.69) is 11.8 Å². The monoisotopic (exact) mass is 271 g/mol. The Balaban J connectivity index is 2.27. The van der Waals surface area contributed by atoms with E-state index in [4.69, 9.17) is 11.6 Å². The molecule has 0 saturated carbocycles. The van der Waals surface area contributed by atoms with Crippen molar-refractivity contribution in [2.24, 2.45) is 0 Å². The lowest BCUT2D eigenvalue weighted by Gasteiger charge is -2.28. The maximum absolute atomic E-state index is 13.3. The second-order valence-corrected chi connectivity index (χ2v) is 5.35. The topological polar surface area (TPSA) is 23.5 Å². The van der Waals surface area contributed by atoms with Crippen LogP contribution in [-0.2, 0) is 5.60 Å². The van der Waals surface area contributed by atoms with E-state index >= 15 is 0 Å². The third-order valence-corrected chi connectivity index (χ3v) is 4.11. The van der Waals surface area contributed by atoms with Gasteiger partial charge in [0.05, 0.1) is 5.60 Å². The van der Waals surface area contributed by atoms with E-state index in [1.165, 1.54) is 18.2 Å². The van der Waals surface area contributed by atoms with Crippen LogP contribution in [0.15, 0.2) is 18.2 Å². The van der Waals surface area contributed by atoms with Crippen molar-refractivity contribution in [2.75, 3.05) is 19.6 Å². The minimum absolute atomic E-state index is 0.348. The highest BCUT2D eigenvalue weighted by Crippen LogP contribution is 2.37. The molecular formula is C14H19ClFNO. The van der Waals surface area contributed by atoms with E-state index in [0.29, 0.717) is 23.4 Å². The highest BCUT2D eigenvalue weighted by molar-refractivity contribution is 6.31. The van der Waals surface area contributed by atoms with Gasteiger partial charge in [-0.05, 0) is 50.6 Å². The van der Waals surface area contributed by atoms with Crippen molar-refractivity contribution in [1.82, 2.24) is 4.90 Å². The number of nitrogens with zero attached hydrogens (tertiary/aromatic N) is 1. The first kappa shape index (κ1) is 13.8. The van der Waals surface area contributed by atoms with Crippen LogP contribution in [0, 0.1) is 5.82 Å². The Hall–Kier alpha value is -0.640. The van der Waals surface area contributed by atoms with Gasteiger partial charge in [-0.25, -0.2) is 4.39 Å². The zero-order valence-electron chi connectivity index (χ0n) is 10.6. The van der Waals surface area contributed by atoms with E-state index in [1.54, 1.807) is 0 Å². The van der Waals surface area contributed by atoms with Crippen LogP contribution in [0.25, 0.3) is 0 Å². The van der Waals surface area contributed by atoms with Crippen molar-refractivity contribution in [3.05, 3.63) is 34.6 Å². The lowest BCUT2D eigenvalue weighted by molar-refractivity contribution is 0.0212. The molecule has 1 heterocycles. The molecule has 2 nitrogen and oxygen atoms in total. The number of hydrogen-bond acceptors (Lipinski definition) is 2. The Labute approximate surface area is 112 Å². The zero-order chi connectivity index (χ0) is 13.2.